The fraction of sp³-hybridized carbons (Fsp3) is 0.235. The third-order valence-electron chi connectivity index (χ3n) is 3.43. The van der Waals surface area contributed by atoms with Gasteiger partial charge in [0.2, 0.25) is 0 Å². The Bertz CT molecular complexity index is 1060. The lowest BCUT2D eigenvalue weighted by Gasteiger charge is -2.15. The molecular weight excluding hydrogens is 478 g/mol. The van der Waals surface area contributed by atoms with Gasteiger partial charge in [0.1, 0.15) is 12.3 Å². The molecule has 0 fully saturated rings. The topological polar surface area (TPSA) is 84.5 Å². The largest absolute Gasteiger partial charge is 0.482 e. The quantitative estimate of drug-likeness (QED) is 0.564. The molecule has 2 aromatic carbocycles. The fourth-order valence-electron chi connectivity index (χ4n) is 2.16. The van der Waals surface area contributed by atoms with Crippen molar-refractivity contribution in [3.8, 4) is 5.75 Å². The summed E-state index contributed by atoms with van der Waals surface area (Å²) in [7, 11) is -4.48. The minimum atomic E-state index is -4.69. The highest BCUT2D eigenvalue weighted by molar-refractivity contribution is 7.92. The second kappa shape index (κ2) is 9.22. The van der Waals surface area contributed by atoms with E-state index in [0.717, 1.165) is 36.4 Å². The van der Waals surface area contributed by atoms with Crippen molar-refractivity contribution in [3.63, 3.8) is 0 Å². The SMILES string of the molecule is O=C(NCC(F)(F)F)c1cccc(S(=O)(=O)Nc2cc(Cl)ccc2OCC(F)(F)F)c1. The van der Waals surface area contributed by atoms with Gasteiger partial charge < -0.3 is 10.1 Å². The van der Waals surface area contributed by atoms with Crippen LogP contribution in [0.15, 0.2) is 47.4 Å². The Morgan fingerprint density at radius 1 is 1.00 bits per heavy atom. The van der Waals surface area contributed by atoms with Gasteiger partial charge in [-0.15, -0.1) is 0 Å². The highest BCUT2D eigenvalue weighted by Gasteiger charge is 2.30. The zero-order chi connectivity index (χ0) is 23.4. The zero-order valence-electron chi connectivity index (χ0n) is 15.1. The molecule has 0 radical (unpaired) electrons. The van der Waals surface area contributed by atoms with Crippen molar-refractivity contribution >= 4 is 33.2 Å². The number of carbonyl (C=O) groups is 1. The van der Waals surface area contributed by atoms with Crippen molar-refractivity contribution in [1.82, 2.24) is 5.32 Å². The third-order valence-corrected chi connectivity index (χ3v) is 5.03. The molecule has 0 saturated carbocycles. The molecule has 0 saturated heterocycles. The first-order chi connectivity index (χ1) is 14.2. The van der Waals surface area contributed by atoms with E-state index in [9.17, 15) is 39.6 Å². The number of ether oxygens (including phenoxy) is 1. The Morgan fingerprint density at radius 2 is 1.68 bits per heavy atom. The fourth-order valence-corrected chi connectivity index (χ4v) is 3.44. The van der Waals surface area contributed by atoms with E-state index in [1.807, 2.05) is 4.72 Å². The van der Waals surface area contributed by atoms with E-state index in [-0.39, 0.29) is 10.6 Å². The number of halogens is 7. The summed E-state index contributed by atoms with van der Waals surface area (Å²) in [5.41, 5.74) is -0.796. The molecule has 0 unspecified atom stereocenters. The number of rotatable bonds is 7. The van der Waals surface area contributed by atoms with Crippen LogP contribution in [0.4, 0.5) is 32.0 Å². The molecule has 14 heteroatoms. The second-order valence-corrected chi connectivity index (χ2v) is 8.09. The lowest BCUT2D eigenvalue weighted by atomic mass is 10.2. The molecule has 0 heterocycles. The summed E-state index contributed by atoms with van der Waals surface area (Å²) >= 11 is 5.76. The summed E-state index contributed by atoms with van der Waals surface area (Å²) in [6, 6.07) is 7.23. The summed E-state index contributed by atoms with van der Waals surface area (Å²) in [6.07, 6.45) is -9.35. The molecule has 170 valence electrons. The average Bonchev–Trinajstić information content (AvgIpc) is 2.64. The monoisotopic (exact) mass is 490 g/mol. The summed E-state index contributed by atoms with van der Waals surface area (Å²) < 4.78 is 106. The minimum absolute atomic E-state index is 0.0164. The van der Waals surface area contributed by atoms with Crippen LogP contribution in [0, 0.1) is 0 Å². The van der Waals surface area contributed by atoms with E-state index in [1.165, 1.54) is 6.07 Å². The van der Waals surface area contributed by atoms with Gasteiger partial charge in [-0.2, -0.15) is 26.3 Å². The number of hydrogen-bond donors (Lipinski definition) is 2. The Kier molecular flexibility index (Phi) is 7.32. The first-order valence-corrected chi connectivity index (χ1v) is 9.99. The van der Waals surface area contributed by atoms with Crippen molar-refractivity contribution in [2.24, 2.45) is 0 Å². The van der Waals surface area contributed by atoms with Crippen LogP contribution in [0.2, 0.25) is 5.02 Å². The van der Waals surface area contributed by atoms with E-state index >= 15 is 0 Å². The number of sulfonamides is 1. The minimum Gasteiger partial charge on any atom is -0.482 e. The Morgan fingerprint density at radius 3 is 2.29 bits per heavy atom. The number of benzene rings is 2. The molecule has 2 aromatic rings. The van der Waals surface area contributed by atoms with Gasteiger partial charge in [0.15, 0.2) is 6.61 Å². The molecule has 31 heavy (non-hydrogen) atoms. The number of hydrogen-bond acceptors (Lipinski definition) is 4. The van der Waals surface area contributed by atoms with Gasteiger partial charge in [-0.05, 0) is 36.4 Å². The number of amides is 1. The van der Waals surface area contributed by atoms with Gasteiger partial charge >= 0.3 is 12.4 Å². The maximum absolute atomic E-state index is 12.6. The molecule has 6 nitrogen and oxygen atoms in total. The number of alkyl halides is 6. The van der Waals surface area contributed by atoms with Gasteiger partial charge in [0.25, 0.3) is 15.9 Å². The lowest BCUT2D eigenvalue weighted by Crippen LogP contribution is -2.33. The smallest absolute Gasteiger partial charge is 0.422 e. The molecule has 0 spiro atoms. The second-order valence-electron chi connectivity index (χ2n) is 5.98. The van der Waals surface area contributed by atoms with Crippen molar-refractivity contribution in [2.45, 2.75) is 17.2 Å². The summed E-state index contributed by atoms with van der Waals surface area (Å²) in [5, 5.41) is 1.58. The van der Waals surface area contributed by atoms with E-state index in [1.54, 1.807) is 5.32 Å². The van der Waals surface area contributed by atoms with Crippen LogP contribution in [0.3, 0.4) is 0 Å². The predicted octanol–water partition coefficient (Wildman–Crippen LogP) is 4.37. The Labute approximate surface area is 177 Å². The Hall–Kier alpha value is -2.67. The first kappa shape index (κ1) is 24.6. The van der Waals surface area contributed by atoms with E-state index < -0.39 is 57.8 Å². The number of nitrogens with one attached hydrogen (secondary N) is 2. The molecule has 0 aliphatic heterocycles. The van der Waals surface area contributed by atoms with Crippen LogP contribution in [-0.4, -0.2) is 39.8 Å². The van der Waals surface area contributed by atoms with Crippen molar-refractivity contribution in [3.05, 3.63) is 53.1 Å². The maximum Gasteiger partial charge on any atom is 0.422 e. The normalized spacial score (nSPS) is 12.4. The van der Waals surface area contributed by atoms with Crippen LogP contribution < -0.4 is 14.8 Å². The van der Waals surface area contributed by atoms with Crippen LogP contribution in [0.25, 0.3) is 0 Å². The Balaban J connectivity index is 2.27. The van der Waals surface area contributed by atoms with Crippen molar-refractivity contribution in [2.75, 3.05) is 17.9 Å². The standard InChI is InChI=1S/C17H13ClF6N2O4S/c18-11-4-5-14(30-9-17(22,23)24)13(7-11)26-31(28,29)12-3-1-2-10(6-12)15(27)25-8-16(19,20)21/h1-7,26H,8-9H2,(H,25,27). The summed E-state index contributed by atoms with van der Waals surface area (Å²) in [5.74, 6) is -1.64. The average molecular weight is 491 g/mol. The van der Waals surface area contributed by atoms with Crippen LogP contribution in [0.5, 0.6) is 5.75 Å². The molecule has 0 aliphatic carbocycles. The molecule has 0 aromatic heterocycles. The van der Waals surface area contributed by atoms with Crippen molar-refractivity contribution < 1.29 is 44.3 Å². The molecule has 0 bridgehead atoms. The number of carbonyl (C=O) groups excluding carboxylic acids is 1. The first-order valence-electron chi connectivity index (χ1n) is 8.13. The maximum atomic E-state index is 12.6. The summed E-state index contributed by atoms with van der Waals surface area (Å²) in [6.45, 7) is -3.32. The third kappa shape index (κ3) is 7.83. The zero-order valence-corrected chi connectivity index (χ0v) is 16.7. The van der Waals surface area contributed by atoms with E-state index in [2.05, 4.69) is 4.74 Å². The predicted molar refractivity (Wildman–Crippen MR) is 98.6 cm³/mol. The van der Waals surface area contributed by atoms with Gasteiger partial charge in [0.05, 0.1) is 10.6 Å². The summed E-state index contributed by atoms with van der Waals surface area (Å²) in [4.78, 5) is 11.3. The molecule has 0 aliphatic rings. The lowest BCUT2D eigenvalue weighted by molar-refractivity contribution is -0.153. The van der Waals surface area contributed by atoms with E-state index in [4.69, 9.17) is 11.6 Å². The van der Waals surface area contributed by atoms with Gasteiger partial charge in [0, 0.05) is 10.6 Å². The van der Waals surface area contributed by atoms with Gasteiger partial charge in [-0.25, -0.2) is 8.42 Å². The van der Waals surface area contributed by atoms with Gasteiger partial charge in [-0.1, -0.05) is 17.7 Å². The molecule has 2 N–H and O–H groups in total. The molecule has 1 amide bonds. The highest BCUT2D eigenvalue weighted by atomic mass is 35.5. The van der Waals surface area contributed by atoms with Crippen molar-refractivity contribution in [1.29, 1.82) is 0 Å². The number of anilines is 1. The van der Waals surface area contributed by atoms with Gasteiger partial charge in [-0.3, -0.25) is 9.52 Å². The van der Waals surface area contributed by atoms with E-state index in [0.29, 0.717) is 0 Å². The van der Waals surface area contributed by atoms with Crippen LogP contribution >= 0.6 is 11.6 Å². The van der Waals surface area contributed by atoms with Crippen LogP contribution in [-0.2, 0) is 10.0 Å². The molecule has 0 atom stereocenters. The molecule has 2 rings (SSSR count). The van der Waals surface area contributed by atoms with Crippen LogP contribution in [0.1, 0.15) is 10.4 Å². The highest BCUT2D eigenvalue weighted by Crippen LogP contribution is 2.31. The molecular formula is C17H13ClF6N2O4S.